The summed E-state index contributed by atoms with van der Waals surface area (Å²) in [5.41, 5.74) is 12.7. The first-order valence-electron chi connectivity index (χ1n) is 12.9. The topological polar surface area (TPSA) is 25.8 Å². The van der Waals surface area contributed by atoms with Gasteiger partial charge < -0.3 is 0 Å². The third-order valence-corrected chi connectivity index (χ3v) is 6.98. The lowest BCUT2D eigenvalue weighted by atomic mass is 9.89. The van der Waals surface area contributed by atoms with Crippen LogP contribution in [0.3, 0.4) is 0 Å². The summed E-state index contributed by atoms with van der Waals surface area (Å²) >= 11 is 0. The normalized spacial score (nSPS) is 10.9. The van der Waals surface area contributed by atoms with Crippen molar-refractivity contribution >= 4 is 0 Å². The Balaban J connectivity index is 1.69. The quantitative estimate of drug-likeness (QED) is 0.241. The largest absolute Gasteiger partial charge is 0.249 e. The highest BCUT2D eigenvalue weighted by Gasteiger charge is 2.22. The van der Waals surface area contributed by atoms with Crippen LogP contribution >= 0.6 is 0 Å². The van der Waals surface area contributed by atoms with E-state index in [0.29, 0.717) is 0 Å². The van der Waals surface area contributed by atoms with E-state index in [0.717, 1.165) is 56.2 Å². The number of benzene rings is 5. The highest BCUT2D eigenvalue weighted by atomic mass is 14.9. The molecule has 0 saturated heterocycles. The van der Waals surface area contributed by atoms with Gasteiger partial charge in [-0.15, -0.1) is 0 Å². The molecular weight excluding hydrogens is 460 g/mol. The van der Waals surface area contributed by atoms with Gasteiger partial charge in [0, 0.05) is 16.7 Å². The molecular formula is C36H28N2. The van der Waals surface area contributed by atoms with Crippen molar-refractivity contribution in [3.8, 4) is 56.0 Å². The molecule has 0 N–H and O–H groups in total. The van der Waals surface area contributed by atoms with E-state index in [4.69, 9.17) is 9.97 Å². The molecule has 1 aromatic heterocycles. The second-order valence-corrected chi connectivity index (χ2v) is 9.50. The molecule has 0 atom stereocenters. The molecule has 2 nitrogen and oxygen atoms in total. The van der Waals surface area contributed by atoms with Crippen LogP contribution in [0.4, 0.5) is 0 Å². The highest BCUT2D eigenvalue weighted by Crippen LogP contribution is 2.42. The van der Waals surface area contributed by atoms with Crippen molar-refractivity contribution in [3.63, 3.8) is 0 Å². The number of aryl methyl sites for hydroxylation is 2. The Labute approximate surface area is 224 Å². The molecule has 0 unspecified atom stereocenters. The molecule has 0 radical (unpaired) electrons. The molecule has 0 amide bonds. The Morgan fingerprint density at radius 3 is 1.50 bits per heavy atom. The molecule has 182 valence electrons. The molecule has 1 heterocycles. The van der Waals surface area contributed by atoms with Gasteiger partial charge in [-0.05, 0) is 41.7 Å². The number of hydrogen-bond acceptors (Lipinski definition) is 2. The van der Waals surface area contributed by atoms with E-state index in [9.17, 15) is 0 Å². The van der Waals surface area contributed by atoms with E-state index in [1.807, 2.05) is 6.07 Å². The first-order chi connectivity index (χ1) is 18.7. The third-order valence-electron chi connectivity index (χ3n) is 6.98. The molecule has 0 saturated carbocycles. The van der Waals surface area contributed by atoms with Crippen molar-refractivity contribution in [1.29, 1.82) is 0 Å². The van der Waals surface area contributed by atoms with E-state index in [1.165, 1.54) is 11.1 Å². The molecule has 0 spiro atoms. The minimum atomic E-state index is 0.889. The Hall–Kier alpha value is -4.82. The molecule has 5 aromatic carbocycles. The van der Waals surface area contributed by atoms with Gasteiger partial charge in [0.05, 0.1) is 22.8 Å². The minimum Gasteiger partial charge on any atom is -0.249 e. The molecule has 0 aliphatic rings. The van der Waals surface area contributed by atoms with Gasteiger partial charge in [0.1, 0.15) is 0 Å². The van der Waals surface area contributed by atoms with E-state index < -0.39 is 0 Å². The number of nitrogens with zero attached hydrogens (tertiary/aromatic N) is 2. The van der Waals surface area contributed by atoms with Gasteiger partial charge in [-0.2, -0.15) is 0 Å². The zero-order valence-electron chi connectivity index (χ0n) is 21.6. The number of rotatable bonds is 5. The number of aromatic nitrogens is 2. The first kappa shape index (κ1) is 23.6. The Bertz CT molecular complexity index is 1710. The van der Waals surface area contributed by atoms with E-state index >= 15 is 0 Å². The zero-order chi connectivity index (χ0) is 25.9. The fourth-order valence-electron chi connectivity index (χ4n) is 5.15. The van der Waals surface area contributed by atoms with Crippen LogP contribution in [-0.4, -0.2) is 9.97 Å². The van der Waals surface area contributed by atoms with Gasteiger partial charge in [-0.1, -0.05) is 133 Å². The summed E-state index contributed by atoms with van der Waals surface area (Å²) in [5.74, 6) is 0. The predicted molar refractivity (Wildman–Crippen MR) is 159 cm³/mol. The predicted octanol–water partition coefficient (Wildman–Crippen LogP) is 9.43. The van der Waals surface area contributed by atoms with Crippen LogP contribution in [0.15, 0.2) is 133 Å². The molecule has 0 aliphatic heterocycles. The maximum absolute atomic E-state index is 5.39. The monoisotopic (exact) mass is 488 g/mol. The fourth-order valence-corrected chi connectivity index (χ4v) is 5.15. The number of hydrogen-bond donors (Lipinski definition) is 0. The smallest absolute Gasteiger partial charge is 0.0979 e. The Morgan fingerprint density at radius 1 is 0.368 bits per heavy atom. The van der Waals surface area contributed by atoms with Gasteiger partial charge in [0.25, 0.3) is 0 Å². The SMILES string of the molecule is Cc1cccc(-c2ccccc2)c1-c1nc(C)c(-c2ccccc2)nc1-c1ccccc1-c1ccccc1. The maximum atomic E-state index is 5.39. The first-order valence-corrected chi connectivity index (χ1v) is 12.9. The summed E-state index contributed by atoms with van der Waals surface area (Å²) in [6.45, 7) is 4.23. The lowest BCUT2D eigenvalue weighted by Gasteiger charge is -2.19. The van der Waals surface area contributed by atoms with Crippen molar-refractivity contribution in [3.05, 3.63) is 145 Å². The molecule has 6 aromatic rings. The maximum Gasteiger partial charge on any atom is 0.0979 e. The van der Waals surface area contributed by atoms with Gasteiger partial charge in [-0.3, -0.25) is 0 Å². The molecule has 0 aliphatic carbocycles. The van der Waals surface area contributed by atoms with Crippen LogP contribution in [-0.2, 0) is 0 Å². The van der Waals surface area contributed by atoms with Crippen LogP contribution < -0.4 is 0 Å². The van der Waals surface area contributed by atoms with Crippen molar-refractivity contribution in [2.24, 2.45) is 0 Å². The van der Waals surface area contributed by atoms with E-state index in [-0.39, 0.29) is 0 Å². The van der Waals surface area contributed by atoms with Crippen molar-refractivity contribution < 1.29 is 0 Å². The van der Waals surface area contributed by atoms with Gasteiger partial charge in [0.15, 0.2) is 0 Å². The standard InChI is InChI=1S/C36H28N2/c1-25-15-14-24-31(28-18-8-4-9-19-28)33(25)36-35(38-34(26(2)37-36)29-20-10-5-11-21-29)32-23-13-12-22-30(32)27-16-6-3-7-17-27/h3-24H,1-2H3. The Morgan fingerprint density at radius 2 is 0.868 bits per heavy atom. The average molecular weight is 489 g/mol. The summed E-state index contributed by atoms with van der Waals surface area (Å²) < 4.78 is 0. The van der Waals surface area contributed by atoms with Gasteiger partial charge in [0.2, 0.25) is 0 Å². The summed E-state index contributed by atoms with van der Waals surface area (Å²) in [4.78, 5) is 10.7. The summed E-state index contributed by atoms with van der Waals surface area (Å²) in [6.07, 6.45) is 0. The second kappa shape index (κ2) is 10.3. The lowest BCUT2D eigenvalue weighted by Crippen LogP contribution is -2.03. The minimum absolute atomic E-state index is 0.889. The summed E-state index contributed by atoms with van der Waals surface area (Å²) in [5, 5.41) is 0. The van der Waals surface area contributed by atoms with Crippen molar-refractivity contribution in [2.45, 2.75) is 13.8 Å². The summed E-state index contributed by atoms with van der Waals surface area (Å²) in [6, 6.07) is 46.4. The van der Waals surface area contributed by atoms with Crippen LogP contribution in [0, 0.1) is 13.8 Å². The lowest BCUT2D eigenvalue weighted by molar-refractivity contribution is 1.13. The fraction of sp³-hybridized carbons (Fsp3) is 0.0556. The third kappa shape index (κ3) is 4.42. The molecule has 0 fully saturated rings. The molecule has 38 heavy (non-hydrogen) atoms. The van der Waals surface area contributed by atoms with Crippen molar-refractivity contribution in [1.82, 2.24) is 9.97 Å². The van der Waals surface area contributed by atoms with Crippen LogP contribution in [0.2, 0.25) is 0 Å². The molecule has 0 bridgehead atoms. The van der Waals surface area contributed by atoms with Crippen LogP contribution in [0.1, 0.15) is 11.3 Å². The van der Waals surface area contributed by atoms with Gasteiger partial charge >= 0.3 is 0 Å². The second-order valence-electron chi connectivity index (χ2n) is 9.50. The Kier molecular flexibility index (Phi) is 6.37. The summed E-state index contributed by atoms with van der Waals surface area (Å²) in [7, 11) is 0. The van der Waals surface area contributed by atoms with Crippen molar-refractivity contribution in [2.75, 3.05) is 0 Å². The zero-order valence-corrected chi connectivity index (χ0v) is 21.6. The van der Waals surface area contributed by atoms with E-state index in [1.54, 1.807) is 0 Å². The van der Waals surface area contributed by atoms with Crippen LogP contribution in [0.5, 0.6) is 0 Å². The van der Waals surface area contributed by atoms with E-state index in [2.05, 4.69) is 141 Å². The highest BCUT2D eigenvalue weighted by molar-refractivity contribution is 5.94. The van der Waals surface area contributed by atoms with Crippen LogP contribution in [0.25, 0.3) is 56.0 Å². The molecule has 2 heteroatoms. The molecule has 6 rings (SSSR count). The van der Waals surface area contributed by atoms with Gasteiger partial charge in [-0.25, -0.2) is 9.97 Å². The average Bonchev–Trinajstić information content (AvgIpc) is 2.98.